The van der Waals surface area contributed by atoms with Crippen molar-refractivity contribution in [3.63, 3.8) is 0 Å². The lowest BCUT2D eigenvalue weighted by atomic mass is 9.60. The molecule has 0 N–H and O–H groups in total. The third-order valence-electron chi connectivity index (χ3n) is 6.08. The fourth-order valence-corrected chi connectivity index (χ4v) is 4.87. The summed E-state index contributed by atoms with van der Waals surface area (Å²) in [6.45, 7) is 7.64. The molecule has 0 unspecified atom stereocenters. The molecule has 2 fully saturated rings. The highest BCUT2D eigenvalue weighted by Crippen LogP contribution is 2.43. The molecule has 0 radical (unpaired) electrons. The average molecular weight is 395 g/mol. The van der Waals surface area contributed by atoms with Crippen molar-refractivity contribution in [1.29, 1.82) is 0 Å². The van der Waals surface area contributed by atoms with Crippen LogP contribution in [0.5, 0.6) is 0 Å². The Labute approximate surface area is 172 Å². The molecule has 0 spiro atoms. The predicted octanol–water partition coefficient (Wildman–Crippen LogP) is 4.46. The van der Waals surface area contributed by atoms with Crippen LogP contribution in [0.15, 0.2) is 36.4 Å². The zero-order valence-electron chi connectivity index (χ0n) is 17.7. The number of allylic oxidation sites excluding steroid dienone is 1. The molecular weight excluding hydrogens is 364 g/mol. The minimum Gasteiger partial charge on any atom is -0.299 e. The van der Waals surface area contributed by atoms with Crippen LogP contribution in [-0.4, -0.2) is 23.1 Å². The van der Waals surface area contributed by atoms with Gasteiger partial charge in [0.15, 0.2) is 0 Å². The van der Waals surface area contributed by atoms with E-state index in [-0.39, 0.29) is 34.0 Å². The molecule has 0 saturated heterocycles. The quantitative estimate of drug-likeness (QED) is 0.707. The number of carbonyl (C=O) groups excluding carboxylic acids is 4. The number of Topliss-reactive ketones (excluding diaryl/α,β-unsaturated/α-hetero) is 4. The zero-order valence-corrected chi connectivity index (χ0v) is 17.7. The van der Waals surface area contributed by atoms with E-state index >= 15 is 0 Å². The standard InChI is InChI=1S/C25H30O4/c1-24(2)12-18(26)22(19(27)13-24)17(11-10-16-8-6-5-7-9-16)23-20(28)14-25(3,4)15-21(23)29/h5-11,17,22-23H,12-15H2,1-4H3/b11-10+. The van der Waals surface area contributed by atoms with Gasteiger partial charge in [-0.05, 0) is 16.4 Å². The summed E-state index contributed by atoms with van der Waals surface area (Å²) in [6, 6.07) is 9.52. The van der Waals surface area contributed by atoms with E-state index in [0.717, 1.165) is 5.56 Å². The first kappa shape index (κ1) is 21.4. The Kier molecular flexibility index (Phi) is 5.75. The average Bonchev–Trinajstić information content (AvgIpc) is 2.56. The Morgan fingerprint density at radius 2 is 1.10 bits per heavy atom. The van der Waals surface area contributed by atoms with Crippen LogP contribution in [0.4, 0.5) is 0 Å². The number of rotatable bonds is 4. The summed E-state index contributed by atoms with van der Waals surface area (Å²) >= 11 is 0. The van der Waals surface area contributed by atoms with Gasteiger partial charge in [-0.1, -0.05) is 70.2 Å². The van der Waals surface area contributed by atoms with Crippen LogP contribution < -0.4 is 0 Å². The van der Waals surface area contributed by atoms with Crippen LogP contribution in [0.25, 0.3) is 6.08 Å². The molecule has 1 aromatic rings. The lowest BCUT2D eigenvalue weighted by molar-refractivity contribution is -0.146. The van der Waals surface area contributed by atoms with Crippen molar-refractivity contribution in [2.45, 2.75) is 53.4 Å². The number of hydrogen-bond acceptors (Lipinski definition) is 4. The van der Waals surface area contributed by atoms with Gasteiger partial charge in [0.25, 0.3) is 0 Å². The number of ketones is 4. The SMILES string of the molecule is CC1(C)CC(=O)C(C(/C=C/c2ccccc2)C2C(=O)CC(C)(C)CC2=O)C(=O)C1. The van der Waals surface area contributed by atoms with Crippen molar-refractivity contribution in [3.8, 4) is 0 Å². The van der Waals surface area contributed by atoms with E-state index in [2.05, 4.69) is 0 Å². The van der Waals surface area contributed by atoms with Crippen molar-refractivity contribution in [2.24, 2.45) is 28.6 Å². The van der Waals surface area contributed by atoms with E-state index in [4.69, 9.17) is 0 Å². The summed E-state index contributed by atoms with van der Waals surface area (Å²) in [6.07, 6.45) is 4.75. The summed E-state index contributed by atoms with van der Waals surface area (Å²) in [5.74, 6) is -3.15. The molecule has 0 atom stereocenters. The van der Waals surface area contributed by atoms with Crippen molar-refractivity contribution >= 4 is 29.2 Å². The molecule has 29 heavy (non-hydrogen) atoms. The molecule has 0 aliphatic heterocycles. The van der Waals surface area contributed by atoms with E-state index in [1.54, 1.807) is 6.08 Å². The highest BCUT2D eigenvalue weighted by atomic mass is 16.2. The second-order valence-electron chi connectivity index (χ2n) is 10.2. The second kappa shape index (κ2) is 7.81. The monoisotopic (exact) mass is 394 g/mol. The highest BCUT2D eigenvalue weighted by molar-refractivity contribution is 6.10. The molecule has 154 valence electrons. The van der Waals surface area contributed by atoms with E-state index in [9.17, 15) is 19.2 Å². The van der Waals surface area contributed by atoms with Crippen molar-refractivity contribution in [3.05, 3.63) is 42.0 Å². The molecule has 4 heteroatoms. The zero-order chi connectivity index (χ0) is 21.4. The van der Waals surface area contributed by atoms with E-state index < -0.39 is 17.8 Å². The lowest BCUT2D eigenvalue weighted by Gasteiger charge is -2.40. The maximum atomic E-state index is 13.0. The van der Waals surface area contributed by atoms with Gasteiger partial charge in [0, 0.05) is 31.6 Å². The van der Waals surface area contributed by atoms with E-state index in [1.807, 2.05) is 64.1 Å². The van der Waals surface area contributed by atoms with Crippen LogP contribution in [0, 0.1) is 28.6 Å². The van der Waals surface area contributed by atoms with Gasteiger partial charge in [-0.25, -0.2) is 0 Å². The highest BCUT2D eigenvalue weighted by Gasteiger charge is 2.50. The molecule has 4 nitrogen and oxygen atoms in total. The summed E-state index contributed by atoms with van der Waals surface area (Å²) in [5.41, 5.74) is 0.159. The van der Waals surface area contributed by atoms with Gasteiger partial charge in [-0.15, -0.1) is 0 Å². The lowest BCUT2D eigenvalue weighted by Crippen LogP contribution is -2.48. The molecule has 0 heterocycles. The number of benzene rings is 1. The normalized spacial score (nSPS) is 23.3. The van der Waals surface area contributed by atoms with Crippen molar-refractivity contribution < 1.29 is 19.2 Å². The second-order valence-corrected chi connectivity index (χ2v) is 10.2. The van der Waals surface area contributed by atoms with E-state index in [1.165, 1.54) is 0 Å². The topological polar surface area (TPSA) is 68.3 Å². The summed E-state index contributed by atoms with van der Waals surface area (Å²) in [7, 11) is 0. The number of hydrogen-bond donors (Lipinski definition) is 0. The molecule has 1 aromatic carbocycles. The third-order valence-corrected chi connectivity index (χ3v) is 6.08. The number of carbonyl (C=O) groups is 4. The minimum atomic E-state index is -0.915. The van der Waals surface area contributed by atoms with Crippen LogP contribution in [0.1, 0.15) is 58.9 Å². The van der Waals surface area contributed by atoms with Gasteiger partial charge in [0.05, 0.1) is 11.8 Å². The van der Waals surface area contributed by atoms with Crippen LogP contribution in [0.3, 0.4) is 0 Å². The van der Waals surface area contributed by atoms with Crippen molar-refractivity contribution in [2.75, 3.05) is 0 Å². The molecule has 2 saturated carbocycles. The molecular formula is C25H30O4. The molecule has 3 rings (SSSR count). The molecule has 0 amide bonds. The molecule has 2 aliphatic rings. The predicted molar refractivity (Wildman–Crippen MR) is 112 cm³/mol. The van der Waals surface area contributed by atoms with Gasteiger partial charge < -0.3 is 0 Å². The Hall–Kier alpha value is -2.36. The molecule has 0 aromatic heterocycles. The van der Waals surface area contributed by atoms with Crippen LogP contribution in [-0.2, 0) is 19.2 Å². The smallest absolute Gasteiger partial charge is 0.144 e. The van der Waals surface area contributed by atoms with Crippen LogP contribution >= 0.6 is 0 Å². The Morgan fingerprint density at radius 3 is 1.48 bits per heavy atom. The fraction of sp³-hybridized carbons (Fsp3) is 0.520. The first-order valence-electron chi connectivity index (χ1n) is 10.3. The van der Waals surface area contributed by atoms with Gasteiger partial charge in [-0.3, -0.25) is 19.2 Å². The summed E-state index contributed by atoms with van der Waals surface area (Å²) in [5, 5.41) is 0. The largest absolute Gasteiger partial charge is 0.299 e. The van der Waals surface area contributed by atoms with Gasteiger partial charge in [-0.2, -0.15) is 0 Å². The first-order valence-corrected chi connectivity index (χ1v) is 10.3. The summed E-state index contributed by atoms with van der Waals surface area (Å²) < 4.78 is 0. The first-order chi connectivity index (χ1) is 13.5. The minimum absolute atomic E-state index is 0.153. The molecule has 0 bridgehead atoms. The van der Waals surface area contributed by atoms with Crippen LogP contribution in [0.2, 0.25) is 0 Å². The maximum absolute atomic E-state index is 13.0. The van der Waals surface area contributed by atoms with Gasteiger partial charge >= 0.3 is 0 Å². The van der Waals surface area contributed by atoms with Gasteiger partial charge in [0.2, 0.25) is 0 Å². The maximum Gasteiger partial charge on any atom is 0.144 e. The van der Waals surface area contributed by atoms with Crippen molar-refractivity contribution in [1.82, 2.24) is 0 Å². The summed E-state index contributed by atoms with van der Waals surface area (Å²) in [4.78, 5) is 51.9. The fourth-order valence-electron chi connectivity index (χ4n) is 4.87. The van der Waals surface area contributed by atoms with E-state index in [0.29, 0.717) is 25.7 Å². The van der Waals surface area contributed by atoms with Gasteiger partial charge in [0.1, 0.15) is 23.1 Å². The third kappa shape index (κ3) is 4.80. The Bertz CT molecular complexity index is 772. The Balaban J connectivity index is 1.99. The molecule has 2 aliphatic carbocycles. The Morgan fingerprint density at radius 1 is 0.724 bits per heavy atom.